The molecule has 0 radical (unpaired) electrons. The van der Waals surface area contributed by atoms with Gasteiger partial charge in [-0.25, -0.2) is 0 Å². The van der Waals surface area contributed by atoms with E-state index < -0.39 is 11.6 Å². The molecule has 0 fully saturated rings. The molecule has 0 saturated carbocycles. The average Bonchev–Trinajstić information content (AvgIpc) is 2.28. The van der Waals surface area contributed by atoms with Crippen molar-refractivity contribution in [2.24, 2.45) is 0 Å². The number of nitrogens with zero attached hydrogens (tertiary/aromatic N) is 1. The second kappa shape index (κ2) is 8.51. The summed E-state index contributed by atoms with van der Waals surface area (Å²) in [6.07, 6.45) is 2.53. The van der Waals surface area contributed by atoms with Crippen molar-refractivity contribution in [2.45, 2.75) is 58.5 Å². The SMILES string of the molecule is CCCCOC(=O)CCCC(=O)OC(C)(C)C#N. The first-order valence-corrected chi connectivity index (χ1v) is 6.20. The molecular weight excluding hydrogens is 234 g/mol. The number of rotatable bonds is 8. The Morgan fingerprint density at radius 2 is 1.78 bits per heavy atom. The van der Waals surface area contributed by atoms with Gasteiger partial charge >= 0.3 is 11.9 Å². The summed E-state index contributed by atoms with van der Waals surface area (Å²) in [5, 5.41) is 8.68. The van der Waals surface area contributed by atoms with Crippen LogP contribution in [0.3, 0.4) is 0 Å². The van der Waals surface area contributed by atoms with Gasteiger partial charge in [-0.05, 0) is 26.7 Å². The highest BCUT2D eigenvalue weighted by molar-refractivity contribution is 5.72. The van der Waals surface area contributed by atoms with Crippen molar-refractivity contribution in [3.63, 3.8) is 0 Å². The summed E-state index contributed by atoms with van der Waals surface area (Å²) in [6, 6.07) is 1.87. The molecule has 0 aromatic rings. The van der Waals surface area contributed by atoms with E-state index in [1.54, 1.807) is 0 Å². The van der Waals surface area contributed by atoms with Gasteiger partial charge in [-0.3, -0.25) is 9.59 Å². The van der Waals surface area contributed by atoms with Crippen molar-refractivity contribution in [1.82, 2.24) is 0 Å². The van der Waals surface area contributed by atoms with Crippen LogP contribution in [0.1, 0.15) is 52.9 Å². The molecule has 0 N–H and O–H groups in total. The van der Waals surface area contributed by atoms with Crippen molar-refractivity contribution >= 4 is 11.9 Å². The van der Waals surface area contributed by atoms with Gasteiger partial charge in [-0.15, -0.1) is 0 Å². The lowest BCUT2D eigenvalue weighted by molar-refractivity contribution is -0.152. The van der Waals surface area contributed by atoms with Crippen molar-refractivity contribution in [1.29, 1.82) is 5.26 Å². The van der Waals surface area contributed by atoms with Crippen molar-refractivity contribution in [2.75, 3.05) is 6.61 Å². The van der Waals surface area contributed by atoms with Crippen LogP contribution in [0.15, 0.2) is 0 Å². The highest BCUT2D eigenvalue weighted by atomic mass is 16.6. The first-order chi connectivity index (χ1) is 8.41. The van der Waals surface area contributed by atoms with Crippen molar-refractivity contribution in [3.05, 3.63) is 0 Å². The summed E-state index contributed by atoms with van der Waals surface area (Å²) in [7, 11) is 0. The predicted octanol–water partition coefficient (Wildman–Crippen LogP) is 2.35. The third-order valence-corrected chi connectivity index (χ3v) is 2.16. The normalized spacial score (nSPS) is 10.6. The second-order valence-corrected chi connectivity index (χ2v) is 4.52. The summed E-state index contributed by atoms with van der Waals surface area (Å²) in [5.74, 6) is -0.765. The number of ether oxygens (including phenoxy) is 2. The zero-order valence-electron chi connectivity index (χ0n) is 11.3. The standard InChI is InChI=1S/C13H21NO4/c1-4-5-9-17-11(15)7-6-8-12(16)18-13(2,3)10-14/h4-9H2,1-3H3. The van der Waals surface area contributed by atoms with Gasteiger partial charge in [-0.1, -0.05) is 13.3 Å². The monoisotopic (exact) mass is 255 g/mol. The fourth-order valence-electron chi connectivity index (χ4n) is 1.14. The first-order valence-electron chi connectivity index (χ1n) is 6.20. The molecule has 5 nitrogen and oxygen atoms in total. The molecule has 0 atom stereocenters. The highest BCUT2D eigenvalue weighted by Gasteiger charge is 2.21. The summed E-state index contributed by atoms with van der Waals surface area (Å²) in [4.78, 5) is 22.5. The maximum absolute atomic E-state index is 11.3. The van der Waals surface area contributed by atoms with E-state index in [1.807, 2.05) is 13.0 Å². The number of hydrogen-bond acceptors (Lipinski definition) is 5. The molecule has 5 heteroatoms. The van der Waals surface area contributed by atoms with E-state index in [1.165, 1.54) is 13.8 Å². The molecule has 102 valence electrons. The molecule has 0 aliphatic carbocycles. The summed E-state index contributed by atoms with van der Waals surface area (Å²) in [6.45, 7) is 5.48. The van der Waals surface area contributed by atoms with Gasteiger partial charge in [0.05, 0.1) is 6.61 Å². The molecule has 0 aromatic carbocycles. The molecule has 0 rings (SSSR count). The van der Waals surface area contributed by atoms with E-state index in [0.717, 1.165) is 12.8 Å². The van der Waals surface area contributed by atoms with Crippen LogP contribution in [0.4, 0.5) is 0 Å². The lowest BCUT2D eigenvalue weighted by Gasteiger charge is -2.16. The van der Waals surface area contributed by atoms with Crippen LogP contribution in [-0.4, -0.2) is 24.1 Å². The Morgan fingerprint density at radius 3 is 2.33 bits per heavy atom. The van der Waals surface area contributed by atoms with Gasteiger partial charge in [-0.2, -0.15) is 5.26 Å². The van der Waals surface area contributed by atoms with Crippen LogP contribution in [0.25, 0.3) is 0 Å². The lowest BCUT2D eigenvalue weighted by atomic mass is 10.1. The largest absolute Gasteiger partial charge is 0.466 e. The van der Waals surface area contributed by atoms with Crippen LogP contribution < -0.4 is 0 Å². The Hall–Kier alpha value is -1.57. The summed E-state index contributed by atoms with van der Waals surface area (Å²) < 4.78 is 9.86. The van der Waals surface area contributed by atoms with Gasteiger partial charge in [0, 0.05) is 12.8 Å². The fraction of sp³-hybridized carbons (Fsp3) is 0.769. The predicted molar refractivity (Wildman–Crippen MR) is 65.5 cm³/mol. The molecule has 0 heterocycles. The van der Waals surface area contributed by atoms with E-state index in [0.29, 0.717) is 13.0 Å². The fourth-order valence-corrected chi connectivity index (χ4v) is 1.14. The van der Waals surface area contributed by atoms with E-state index in [9.17, 15) is 9.59 Å². The Morgan fingerprint density at radius 1 is 1.17 bits per heavy atom. The quantitative estimate of drug-likeness (QED) is 0.491. The van der Waals surface area contributed by atoms with Gasteiger partial charge < -0.3 is 9.47 Å². The number of unbranched alkanes of at least 4 members (excludes halogenated alkanes) is 1. The maximum atomic E-state index is 11.3. The van der Waals surface area contributed by atoms with Crippen LogP contribution in [0.2, 0.25) is 0 Å². The van der Waals surface area contributed by atoms with Gasteiger partial charge in [0.15, 0.2) is 5.60 Å². The lowest BCUT2D eigenvalue weighted by Crippen LogP contribution is -2.25. The molecule has 0 aliphatic heterocycles. The molecule has 0 saturated heterocycles. The number of carbonyl (C=O) groups excluding carboxylic acids is 2. The van der Waals surface area contributed by atoms with Gasteiger partial charge in [0.2, 0.25) is 0 Å². The highest BCUT2D eigenvalue weighted by Crippen LogP contribution is 2.10. The minimum atomic E-state index is -1.11. The Kier molecular flexibility index (Phi) is 7.77. The Bertz CT molecular complexity index is 317. The second-order valence-electron chi connectivity index (χ2n) is 4.52. The first kappa shape index (κ1) is 16.4. The minimum absolute atomic E-state index is 0.119. The van der Waals surface area contributed by atoms with Crippen LogP contribution in [-0.2, 0) is 19.1 Å². The topological polar surface area (TPSA) is 76.4 Å². The molecule has 0 spiro atoms. The molecule has 18 heavy (non-hydrogen) atoms. The third-order valence-electron chi connectivity index (χ3n) is 2.16. The van der Waals surface area contributed by atoms with E-state index in [4.69, 9.17) is 14.7 Å². The average molecular weight is 255 g/mol. The van der Waals surface area contributed by atoms with E-state index >= 15 is 0 Å². The minimum Gasteiger partial charge on any atom is -0.466 e. The number of nitriles is 1. The summed E-state index contributed by atoms with van der Waals surface area (Å²) >= 11 is 0. The molecule has 0 aromatic heterocycles. The molecular formula is C13H21NO4. The van der Waals surface area contributed by atoms with Crippen molar-refractivity contribution < 1.29 is 19.1 Å². The van der Waals surface area contributed by atoms with Crippen molar-refractivity contribution in [3.8, 4) is 6.07 Å². The van der Waals surface area contributed by atoms with E-state index in [-0.39, 0.29) is 18.8 Å². The van der Waals surface area contributed by atoms with Crippen LogP contribution in [0, 0.1) is 11.3 Å². The zero-order chi connectivity index (χ0) is 14.0. The Balaban J connectivity index is 3.69. The molecule has 0 unspecified atom stereocenters. The van der Waals surface area contributed by atoms with Crippen LogP contribution in [0.5, 0.6) is 0 Å². The number of esters is 2. The maximum Gasteiger partial charge on any atom is 0.307 e. The van der Waals surface area contributed by atoms with Gasteiger partial charge in [0.1, 0.15) is 6.07 Å². The van der Waals surface area contributed by atoms with Gasteiger partial charge in [0.25, 0.3) is 0 Å². The summed E-state index contributed by atoms with van der Waals surface area (Å²) in [5.41, 5.74) is -1.11. The zero-order valence-corrected chi connectivity index (χ0v) is 11.3. The Labute approximate surface area is 108 Å². The van der Waals surface area contributed by atoms with Crippen LogP contribution >= 0.6 is 0 Å². The van der Waals surface area contributed by atoms with E-state index in [2.05, 4.69) is 0 Å². The molecule has 0 bridgehead atoms. The number of carbonyl (C=O) groups is 2. The molecule has 0 amide bonds. The molecule has 0 aliphatic rings. The number of hydrogen-bond donors (Lipinski definition) is 0. The third kappa shape index (κ3) is 8.57. The smallest absolute Gasteiger partial charge is 0.307 e.